The van der Waals surface area contributed by atoms with Crippen LogP contribution in [0.3, 0.4) is 0 Å². The van der Waals surface area contributed by atoms with E-state index in [9.17, 15) is 17.6 Å². The quantitative estimate of drug-likeness (QED) is 0.603. The van der Waals surface area contributed by atoms with E-state index in [1.807, 2.05) is 16.8 Å². The summed E-state index contributed by atoms with van der Waals surface area (Å²) in [4.78, 5) is 16.0. The summed E-state index contributed by atoms with van der Waals surface area (Å²) in [5.74, 6) is -1.28. The Labute approximate surface area is 157 Å². The van der Waals surface area contributed by atoms with Gasteiger partial charge in [0.25, 0.3) is 0 Å². The van der Waals surface area contributed by atoms with Gasteiger partial charge < -0.3 is 4.74 Å². The fourth-order valence-electron chi connectivity index (χ4n) is 1.95. The summed E-state index contributed by atoms with van der Waals surface area (Å²) in [6, 6.07) is 6.23. The molecule has 0 aliphatic rings. The molecule has 0 amide bonds. The summed E-state index contributed by atoms with van der Waals surface area (Å²) in [6.07, 6.45) is 0. The first-order valence-electron chi connectivity index (χ1n) is 7.32. The van der Waals surface area contributed by atoms with Gasteiger partial charge in [-0.25, -0.2) is 17.8 Å². The number of rotatable bonds is 7. The molecule has 0 atom stereocenters. The van der Waals surface area contributed by atoms with E-state index in [0.29, 0.717) is 5.69 Å². The van der Waals surface area contributed by atoms with Crippen molar-refractivity contribution in [3.05, 3.63) is 58.0 Å². The van der Waals surface area contributed by atoms with Crippen molar-refractivity contribution in [2.24, 2.45) is 0 Å². The van der Waals surface area contributed by atoms with Gasteiger partial charge in [0.15, 0.2) is 0 Å². The molecule has 0 bridgehead atoms. The van der Waals surface area contributed by atoms with Gasteiger partial charge in [0, 0.05) is 16.3 Å². The van der Waals surface area contributed by atoms with Gasteiger partial charge in [-0.2, -0.15) is 16.1 Å². The van der Waals surface area contributed by atoms with Crippen molar-refractivity contribution < 1.29 is 22.3 Å². The molecule has 2 heterocycles. The maximum Gasteiger partial charge on any atom is 0.321 e. The van der Waals surface area contributed by atoms with Crippen LogP contribution in [0.5, 0.6) is 0 Å². The van der Waals surface area contributed by atoms with Crippen molar-refractivity contribution in [1.82, 2.24) is 9.71 Å². The second-order valence-corrected chi connectivity index (χ2v) is 8.50. The van der Waals surface area contributed by atoms with Crippen molar-refractivity contribution in [3.63, 3.8) is 0 Å². The Kier molecular flexibility index (Phi) is 5.77. The number of benzene rings is 1. The molecule has 1 N–H and O–H groups in total. The Morgan fingerprint density at radius 3 is 2.65 bits per heavy atom. The average Bonchev–Trinajstić information content (AvgIpc) is 3.30. The van der Waals surface area contributed by atoms with Crippen molar-refractivity contribution in [3.8, 4) is 10.6 Å². The second kappa shape index (κ2) is 8.04. The molecule has 3 rings (SSSR count). The number of carbonyl (C=O) groups excluding carboxylic acids is 1. The standard InChI is InChI=1S/C16H13FN2O4S3/c17-12-1-3-14(4-2-12)26(21,22)18-7-15(20)23-8-13-10-25-16(19-13)11-5-6-24-9-11/h1-6,9-10,18H,7-8H2. The summed E-state index contributed by atoms with van der Waals surface area (Å²) < 4.78 is 44.0. The fraction of sp³-hybridized carbons (Fsp3) is 0.125. The van der Waals surface area contributed by atoms with Crippen molar-refractivity contribution in [2.75, 3.05) is 6.54 Å². The highest BCUT2D eigenvalue weighted by molar-refractivity contribution is 7.89. The Bertz CT molecular complexity index is 983. The molecule has 0 fully saturated rings. The van der Waals surface area contributed by atoms with Crippen LogP contribution in [-0.4, -0.2) is 25.9 Å². The molecule has 0 aliphatic heterocycles. The molecule has 0 saturated carbocycles. The van der Waals surface area contributed by atoms with E-state index < -0.39 is 28.4 Å². The van der Waals surface area contributed by atoms with E-state index in [2.05, 4.69) is 9.71 Å². The number of hydrogen-bond donors (Lipinski definition) is 1. The third kappa shape index (κ3) is 4.73. The predicted octanol–water partition coefficient (Wildman–Crippen LogP) is 3.03. The zero-order chi connectivity index (χ0) is 18.6. The number of halogens is 1. The highest BCUT2D eigenvalue weighted by atomic mass is 32.2. The number of nitrogens with one attached hydrogen (secondary N) is 1. The first-order valence-corrected chi connectivity index (χ1v) is 10.6. The van der Waals surface area contributed by atoms with Crippen LogP contribution >= 0.6 is 22.7 Å². The molecule has 26 heavy (non-hydrogen) atoms. The van der Waals surface area contributed by atoms with Gasteiger partial charge >= 0.3 is 5.97 Å². The molecule has 2 aromatic heterocycles. The molecular weight excluding hydrogens is 399 g/mol. The monoisotopic (exact) mass is 412 g/mol. The smallest absolute Gasteiger partial charge is 0.321 e. The summed E-state index contributed by atoms with van der Waals surface area (Å²) in [7, 11) is -3.91. The lowest BCUT2D eigenvalue weighted by molar-refractivity contribution is -0.143. The Morgan fingerprint density at radius 1 is 1.19 bits per heavy atom. The van der Waals surface area contributed by atoms with E-state index in [1.165, 1.54) is 11.3 Å². The minimum absolute atomic E-state index is 0.0439. The Morgan fingerprint density at radius 2 is 1.96 bits per heavy atom. The fourth-order valence-corrected chi connectivity index (χ4v) is 4.43. The normalized spacial score (nSPS) is 11.4. The zero-order valence-electron chi connectivity index (χ0n) is 13.2. The van der Waals surface area contributed by atoms with E-state index in [4.69, 9.17) is 4.74 Å². The molecule has 0 spiro atoms. The first kappa shape index (κ1) is 18.6. The summed E-state index contributed by atoms with van der Waals surface area (Å²) in [6.45, 7) is -0.570. The number of thiophene rings is 1. The topological polar surface area (TPSA) is 85.4 Å². The SMILES string of the molecule is O=C(CNS(=O)(=O)c1ccc(F)cc1)OCc1csc(-c2ccsc2)n1. The van der Waals surface area contributed by atoms with Gasteiger partial charge in [0.05, 0.1) is 10.6 Å². The van der Waals surface area contributed by atoms with E-state index >= 15 is 0 Å². The van der Waals surface area contributed by atoms with Crippen LogP contribution in [-0.2, 0) is 26.2 Å². The van der Waals surface area contributed by atoms with Crippen molar-refractivity contribution in [1.29, 1.82) is 0 Å². The van der Waals surface area contributed by atoms with Crippen LogP contribution in [0.25, 0.3) is 10.6 Å². The summed E-state index contributed by atoms with van der Waals surface area (Å²) in [5.41, 5.74) is 1.59. The molecule has 10 heteroatoms. The van der Waals surface area contributed by atoms with Crippen molar-refractivity contribution in [2.45, 2.75) is 11.5 Å². The highest BCUT2D eigenvalue weighted by Crippen LogP contribution is 2.25. The van der Waals surface area contributed by atoms with Gasteiger partial charge in [-0.05, 0) is 35.7 Å². The molecule has 136 valence electrons. The number of sulfonamides is 1. The number of nitrogens with zero attached hydrogens (tertiary/aromatic N) is 1. The Hall–Kier alpha value is -2.14. The van der Waals surface area contributed by atoms with E-state index in [-0.39, 0.29) is 11.5 Å². The third-order valence-electron chi connectivity index (χ3n) is 3.23. The van der Waals surface area contributed by atoms with Gasteiger partial charge in [-0.15, -0.1) is 11.3 Å². The van der Waals surface area contributed by atoms with Crippen LogP contribution in [0.15, 0.2) is 51.4 Å². The van der Waals surface area contributed by atoms with Crippen LogP contribution in [0, 0.1) is 5.82 Å². The molecule has 1 aromatic carbocycles. The van der Waals surface area contributed by atoms with Crippen LogP contribution in [0.1, 0.15) is 5.69 Å². The maximum absolute atomic E-state index is 12.8. The molecule has 0 radical (unpaired) electrons. The lowest BCUT2D eigenvalue weighted by Gasteiger charge is -2.06. The van der Waals surface area contributed by atoms with Gasteiger partial charge in [0.2, 0.25) is 10.0 Å². The predicted molar refractivity (Wildman–Crippen MR) is 96.8 cm³/mol. The third-order valence-corrected chi connectivity index (χ3v) is 6.27. The van der Waals surface area contributed by atoms with E-state index in [1.54, 1.807) is 16.7 Å². The number of hydrogen-bond acceptors (Lipinski definition) is 7. The van der Waals surface area contributed by atoms with Gasteiger partial charge in [-0.1, -0.05) is 0 Å². The number of thiazole rings is 1. The molecule has 0 unspecified atom stereocenters. The number of aromatic nitrogens is 1. The molecule has 0 aliphatic carbocycles. The largest absolute Gasteiger partial charge is 0.458 e. The lowest BCUT2D eigenvalue weighted by Crippen LogP contribution is -2.30. The molecule has 0 saturated heterocycles. The van der Waals surface area contributed by atoms with Crippen LogP contribution in [0.2, 0.25) is 0 Å². The second-order valence-electron chi connectivity index (χ2n) is 5.10. The first-order chi connectivity index (χ1) is 12.4. The van der Waals surface area contributed by atoms with E-state index in [0.717, 1.165) is 34.8 Å². The summed E-state index contributed by atoms with van der Waals surface area (Å²) >= 11 is 3.00. The Balaban J connectivity index is 1.51. The maximum atomic E-state index is 12.8. The zero-order valence-corrected chi connectivity index (χ0v) is 15.7. The number of carbonyl (C=O) groups is 1. The minimum atomic E-state index is -3.91. The molecule has 3 aromatic rings. The van der Waals surface area contributed by atoms with Crippen molar-refractivity contribution >= 4 is 38.7 Å². The number of ether oxygens (including phenoxy) is 1. The lowest BCUT2D eigenvalue weighted by atomic mass is 10.4. The molecular formula is C16H13FN2O4S3. The van der Waals surface area contributed by atoms with Crippen LogP contribution < -0.4 is 4.72 Å². The van der Waals surface area contributed by atoms with Gasteiger partial charge in [0.1, 0.15) is 24.0 Å². The molecule has 6 nitrogen and oxygen atoms in total. The minimum Gasteiger partial charge on any atom is -0.458 e. The van der Waals surface area contributed by atoms with Crippen LogP contribution in [0.4, 0.5) is 4.39 Å². The highest BCUT2D eigenvalue weighted by Gasteiger charge is 2.16. The summed E-state index contributed by atoms with van der Waals surface area (Å²) in [5, 5.41) is 6.53. The van der Waals surface area contributed by atoms with Gasteiger partial charge in [-0.3, -0.25) is 4.79 Å². The number of esters is 1. The average molecular weight is 412 g/mol.